The first-order valence-electron chi connectivity index (χ1n) is 19.3. The van der Waals surface area contributed by atoms with Crippen molar-refractivity contribution in [1.82, 2.24) is 14.7 Å². The molecule has 1 aromatic carbocycles. The van der Waals surface area contributed by atoms with E-state index >= 15 is 0 Å². The van der Waals surface area contributed by atoms with Crippen LogP contribution in [0.4, 0.5) is 0 Å². The third kappa shape index (κ3) is 8.67. The van der Waals surface area contributed by atoms with Crippen molar-refractivity contribution in [2.75, 3.05) is 19.6 Å². The molecule has 0 bridgehead atoms. The Morgan fingerprint density at radius 1 is 0.491 bits per heavy atom. The summed E-state index contributed by atoms with van der Waals surface area (Å²) in [6, 6.07) is 14.9. The Bertz CT molecular complexity index is 1990. The van der Waals surface area contributed by atoms with Gasteiger partial charge in [-0.25, -0.2) is 0 Å². The molecule has 0 saturated carbocycles. The molecule has 3 aromatic heterocycles. The van der Waals surface area contributed by atoms with Crippen LogP contribution >= 0.6 is 0 Å². The summed E-state index contributed by atoms with van der Waals surface area (Å²) in [5.41, 5.74) is 21.0. The van der Waals surface area contributed by atoms with E-state index in [4.69, 9.17) is 17.2 Å². The van der Waals surface area contributed by atoms with Gasteiger partial charge in [-0.15, -0.1) is 0 Å². The van der Waals surface area contributed by atoms with Gasteiger partial charge in [-0.05, 0) is 74.9 Å². The minimum atomic E-state index is -0.622. The quantitative estimate of drug-likeness (QED) is 0.169. The molecule has 15 nitrogen and oxygen atoms in total. The van der Waals surface area contributed by atoms with Crippen molar-refractivity contribution in [3.8, 4) is 0 Å². The Labute approximate surface area is 330 Å². The standard InChI is InChI=1S/C42H45N9O6/c43-37(52)34-10-4-16-49(34)40(55)31-7-1-13-46(25-31)22-28-19-29(23-47-14-2-8-32(26-47)41(56)50-17-5-11-35(50)38(44)53)21-30(20-28)24-48-15-3-9-33(27-48)42(57)51-18-6-12-36(51)39(45)54/h1-3,7-9,13-15,19-21,25-27,34-36H,4-6,10-12,16-18,22-24H2,(H3-3,43,44,45,52,53,54)/p+3/t34-,35-,36-/m1/s1. The number of likely N-dealkylation sites (tertiary alicyclic amines) is 3. The highest BCUT2D eigenvalue weighted by molar-refractivity contribution is 5.98. The number of aromatic nitrogens is 3. The van der Waals surface area contributed by atoms with Gasteiger partial charge in [0, 0.05) is 54.5 Å². The second-order valence-electron chi connectivity index (χ2n) is 15.1. The van der Waals surface area contributed by atoms with E-state index in [2.05, 4.69) is 18.2 Å². The van der Waals surface area contributed by atoms with Crippen LogP contribution in [0, 0.1) is 0 Å². The average Bonchev–Trinajstić information content (AvgIpc) is 3.99. The van der Waals surface area contributed by atoms with E-state index in [0.29, 0.717) is 94.5 Å². The lowest BCUT2D eigenvalue weighted by atomic mass is 10.0. The lowest BCUT2D eigenvalue weighted by molar-refractivity contribution is -0.690. The smallest absolute Gasteiger partial charge is 0.260 e. The van der Waals surface area contributed by atoms with E-state index in [1.807, 2.05) is 32.3 Å². The molecule has 3 atom stereocenters. The number of hydrogen-bond acceptors (Lipinski definition) is 6. The molecule has 0 radical (unpaired) electrons. The number of rotatable bonds is 12. The van der Waals surface area contributed by atoms with Crippen molar-refractivity contribution in [3.05, 3.63) is 125 Å². The molecule has 3 fully saturated rings. The number of carbonyl (C=O) groups excluding carboxylic acids is 6. The highest BCUT2D eigenvalue weighted by Crippen LogP contribution is 2.22. The summed E-state index contributed by atoms with van der Waals surface area (Å²) in [7, 11) is 0. The largest absolute Gasteiger partial charge is 0.368 e. The summed E-state index contributed by atoms with van der Waals surface area (Å²) in [5.74, 6) is -2.26. The van der Waals surface area contributed by atoms with Crippen LogP contribution in [0.2, 0.25) is 0 Å². The van der Waals surface area contributed by atoms with Gasteiger partial charge in [0.25, 0.3) is 17.7 Å². The molecule has 7 rings (SSSR count). The number of carbonyl (C=O) groups is 6. The normalized spacial score (nSPS) is 19.2. The Morgan fingerprint density at radius 2 is 0.772 bits per heavy atom. The zero-order valence-corrected chi connectivity index (χ0v) is 31.7. The van der Waals surface area contributed by atoms with Crippen LogP contribution in [0.25, 0.3) is 0 Å². The first kappa shape index (κ1) is 38.8. The van der Waals surface area contributed by atoms with Crippen LogP contribution < -0.4 is 30.9 Å². The zero-order valence-electron chi connectivity index (χ0n) is 31.7. The van der Waals surface area contributed by atoms with Gasteiger partial charge in [-0.1, -0.05) is 0 Å². The van der Waals surface area contributed by atoms with E-state index in [1.165, 1.54) is 0 Å². The van der Waals surface area contributed by atoms with Crippen molar-refractivity contribution in [2.45, 2.75) is 76.3 Å². The first-order valence-corrected chi connectivity index (χ1v) is 19.3. The molecule has 4 aromatic rings. The Hall–Kier alpha value is -6.51. The molecule has 15 heteroatoms. The van der Waals surface area contributed by atoms with Crippen LogP contribution in [0.5, 0.6) is 0 Å². The molecule has 0 aliphatic carbocycles. The molecule has 6 heterocycles. The molecule has 0 spiro atoms. The van der Waals surface area contributed by atoms with Crippen LogP contribution in [0.1, 0.15) is 86.3 Å². The minimum absolute atomic E-state index is 0.246. The maximum atomic E-state index is 13.5. The van der Waals surface area contributed by atoms with E-state index in [0.717, 1.165) is 16.7 Å². The monoisotopic (exact) mass is 774 g/mol. The van der Waals surface area contributed by atoms with E-state index in [-0.39, 0.29) is 17.7 Å². The molecule has 6 amide bonds. The van der Waals surface area contributed by atoms with Crippen molar-refractivity contribution in [3.63, 3.8) is 0 Å². The SMILES string of the molecule is NC(=O)[C@H]1CCCN1C(=O)c1ccc[n+](Cc2cc(C[n+]3cccc(C(=O)N4CCC[C@@H]4C(N)=O)c3)cc(C[n+]3cccc(C(=O)N4CCC[C@@H]4C(N)=O)c3)c2)c1. The number of hydrogen-bond donors (Lipinski definition) is 3. The summed E-state index contributed by atoms with van der Waals surface area (Å²) in [6.45, 7) is 2.65. The second kappa shape index (κ2) is 16.7. The average molecular weight is 775 g/mol. The van der Waals surface area contributed by atoms with Crippen LogP contribution in [-0.2, 0) is 34.0 Å². The fraction of sp³-hybridized carbons (Fsp3) is 0.357. The topological polar surface area (TPSA) is 202 Å². The van der Waals surface area contributed by atoms with Crippen LogP contribution in [0.3, 0.4) is 0 Å². The van der Waals surface area contributed by atoms with Gasteiger partial charge in [0.1, 0.15) is 34.8 Å². The number of amides is 6. The maximum Gasteiger partial charge on any atom is 0.260 e. The molecular weight excluding hydrogens is 727 g/mol. The molecule has 3 saturated heterocycles. The lowest BCUT2D eigenvalue weighted by Gasteiger charge is -2.21. The first-order chi connectivity index (χ1) is 27.4. The minimum Gasteiger partial charge on any atom is -0.368 e. The predicted molar refractivity (Wildman–Crippen MR) is 203 cm³/mol. The zero-order chi connectivity index (χ0) is 40.2. The Morgan fingerprint density at radius 3 is 1.04 bits per heavy atom. The van der Waals surface area contributed by atoms with Gasteiger partial charge in [0.05, 0.1) is 0 Å². The third-order valence-electron chi connectivity index (χ3n) is 11.0. The van der Waals surface area contributed by atoms with Crippen LogP contribution in [0.15, 0.2) is 91.8 Å². The molecule has 0 unspecified atom stereocenters. The molecule has 294 valence electrons. The van der Waals surface area contributed by atoms with Gasteiger partial charge in [-0.2, -0.15) is 13.7 Å². The Kier molecular flexibility index (Phi) is 11.3. The Balaban J connectivity index is 1.17. The number of pyridine rings is 3. The highest BCUT2D eigenvalue weighted by Gasteiger charge is 2.36. The van der Waals surface area contributed by atoms with Gasteiger partial charge < -0.3 is 31.9 Å². The predicted octanol–water partition coefficient (Wildman–Crippen LogP) is -0.0363. The molecule has 3 aliphatic rings. The number of primary amides is 3. The van der Waals surface area contributed by atoms with E-state index < -0.39 is 35.8 Å². The van der Waals surface area contributed by atoms with Gasteiger partial charge in [-0.3, -0.25) is 28.8 Å². The second-order valence-corrected chi connectivity index (χ2v) is 15.1. The maximum absolute atomic E-state index is 13.5. The fourth-order valence-corrected chi connectivity index (χ4v) is 8.40. The van der Waals surface area contributed by atoms with Crippen molar-refractivity contribution < 1.29 is 42.5 Å². The third-order valence-corrected chi connectivity index (χ3v) is 11.0. The number of nitrogens with two attached hydrogens (primary N) is 3. The summed E-state index contributed by atoms with van der Waals surface area (Å²) < 4.78 is 5.75. The molecule has 6 N–H and O–H groups in total. The van der Waals surface area contributed by atoms with E-state index in [1.54, 1.807) is 69.7 Å². The summed E-state index contributed by atoms with van der Waals surface area (Å²) in [4.78, 5) is 81.2. The number of benzene rings is 1. The lowest BCUT2D eigenvalue weighted by Crippen LogP contribution is -2.45. The van der Waals surface area contributed by atoms with Crippen LogP contribution in [-0.4, -0.2) is 87.9 Å². The van der Waals surface area contributed by atoms with Crippen molar-refractivity contribution >= 4 is 35.4 Å². The summed E-state index contributed by atoms with van der Waals surface area (Å²) in [6.07, 6.45) is 14.7. The van der Waals surface area contributed by atoms with Gasteiger partial charge in [0.2, 0.25) is 17.7 Å². The highest BCUT2D eigenvalue weighted by atomic mass is 16.2. The van der Waals surface area contributed by atoms with E-state index in [9.17, 15) is 28.8 Å². The fourth-order valence-electron chi connectivity index (χ4n) is 8.40. The van der Waals surface area contributed by atoms with Crippen molar-refractivity contribution in [1.29, 1.82) is 0 Å². The van der Waals surface area contributed by atoms with Gasteiger partial charge in [0.15, 0.2) is 56.8 Å². The summed E-state index contributed by atoms with van der Waals surface area (Å²) in [5, 5.41) is 0. The van der Waals surface area contributed by atoms with Crippen molar-refractivity contribution in [2.24, 2.45) is 17.2 Å². The summed E-state index contributed by atoms with van der Waals surface area (Å²) >= 11 is 0. The molecular formula is C42H48N9O6+3. The molecule has 3 aliphatic heterocycles. The number of nitrogens with zero attached hydrogens (tertiary/aromatic N) is 6. The molecule has 57 heavy (non-hydrogen) atoms. The van der Waals surface area contributed by atoms with Gasteiger partial charge >= 0.3 is 0 Å².